The SMILES string of the molecule is CCNC(=NCCNC(=O)c1ccccc1)NC1CC(=O)N(c2ccccc2)C1.I. The maximum Gasteiger partial charge on any atom is 0.251 e. The number of nitrogens with one attached hydrogen (secondary N) is 3. The number of halogens is 1. The van der Waals surface area contributed by atoms with Crippen LogP contribution in [0.4, 0.5) is 5.69 Å². The Balaban J connectivity index is 0.00000320. The molecule has 0 aliphatic carbocycles. The highest BCUT2D eigenvalue weighted by molar-refractivity contribution is 14.0. The molecule has 2 aromatic carbocycles. The summed E-state index contributed by atoms with van der Waals surface area (Å²) in [6, 6.07) is 18.8. The summed E-state index contributed by atoms with van der Waals surface area (Å²) in [6.07, 6.45) is 0.421. The number of amides is 2. The first-order chi connectivity index (χ1) is 14.2. The Morgan fingerprint density at radius 3 is 2.40 bits per heavy atom. The minimum atomic E-state index is -0.112. The van der Waals surface area contributed by atoms with Gasteiger partial charge in [0.15, 0.2) is 5.96 Å². The van der Waals surface area contributed by atoms with Gasteiger partial charge in [-0.05, 0) is 31.2 Å². The summed E-state index contributed by atoms with van der Waals surface area (Å²) in [5.41, 5.74) is 1.54. The molecule has 3 rings (SSSR count). The van der Waals surface area contributed by atoms with E-state index in [1.54, 1.807) is 17.0 Å². The summed E-state index contributed by atoms with van der Waals surface area (Å²) in [6.45, 7) is 4.18. The smallest absolute Gasteiger partial charge is 0.251 e. The molecule has 2 amide bonds. The molecule has 30 heavy (non-hydrogen) atoms. The third-order valence-electron chi connectivity index (χ3n) is 4.58. The van der Waals surface area contributed by atoms with Gasteiger partial charge in [-0.15, -0.1) is 24.0 Å². The van der Waals surface area contributed by atoms with Gasteiger partial charge in [0.2, 0.25) is 5.91 Å². The van der Waals surface area contributed by atoms with E-state index in [0.29, 0.717) is 44.1 Å². The van der Waals surface area contributed by atoms with Crippen molar-refractivity contribution in [1.82, 2.24) is 16.0 Å². The molecule has 0 radical (unpaired) electrons. The molecule has 0 aromatic heterocycles. The van der Waals surface area contributed by atoms with Crippen molar-refractivity contribution in [2.45, 2.75) is 19.4 Å². The standard InChI is InChI=1S/C22H27N5O2.HI/c1-2-23-22(25-14-13-24-21(29)17-9-5-3-6-10-17)26-18-15-20(28)27(16-18)19-11-7-4-8-12-19;/h3-12,18H,2,13-16H2,1H3,(H,24,29)(H2,23,25,26);1H. The van der Waals surface area contributed by atoms with Crippen molar-refractivity contribution in [3.05, 3.63) is 66.2 Å². The molecule has 1 aliphatic heterocycles. The monoisotopic (exact) mass is 521 g/mol. The summed E-state index contributed by atoms with van der Waals surface area (Å²) in [5.74, 6) is 0.632. The molecule has 1 unspecified atom stereocenters. The van der Waals surface area contributed by atoms with Crippen molar-refractivity contribution >= 4 is 47.4 Å². The fourth-order valence-electron chi connectivity index (χ4n) is 3.20. The lowest BCUT2D eigenvalue weighted by Gasteiger charge is -2.19. The van der Waals surface area contributed by atoms with E-state index in [4.69, 9.17) is 0 Å². The molecule has 0 bridgehead atoms. The lowest BCUT2D eigenvalue weighted by atomic mass is 10.2. The highest BCUT2D eigenvalue weighted by Crippen LogP contribution is 2.20. The van der Waals surface area contributed by atoms with Crippen LogP contribution in [0.15, 0.2) is 65.7 Å². The molecule has 8 heteroatoms. The Hall–Kier alpha value is -2.62. The van der Waals surface area contributed by atoms with E-state index in [1.807, 2.05) is 55.5 Å². The van der Waals surface area contributed by atoms with Crippen molar-refractivity contribution in [2.24, 2.45) is 4.99 Å². The number of benzene rings is 2. The number of carbonyl (C=O) groups is 2. The fraction of sp³-hybridized carbons (Fsp3) is 0.318. The largest absolute Gasteiger partial charge is 0.357 e. The molecule has 0 saturated carbocycles. The summed E-state index contributed by atoms with van der Waals surface area (Å²) in [5, 5.41) is 9.39. The zero-order valence-electron chi connectivity index (χ0n) is 17.0. The number of aliphatic imine (C=N–C) groups is 1. The predicted octanol–water partition coefficient (Wildman–Crippen LogP) is 2.40. The van der Waals surface area contributed by atoms with Gasteiger partial charge in [0, 0.05) is 37.3 Å². The average Bonchev–Trinajstić information content (AvgIpc) is 3.12. The van der Waals surface area contributed by atoms with Gasteiger partial charge in [0.1, 0.15) is 0 Å². The van der Waals surface area contributed by atoms with E-state index in [0.717, 1.165) is 5.69 Å². The maximum absolute atomic E-state index is 12.4. The van der Waals surface area contributed by atoms with E-state index in [-0.39, 0.29) is 41.8 Å². The summed E-state index contributed by atoms with van der Waals surface area (Å²) >= 11 is 0. The van der Waals surface area contributed by atoms with Gasteiger partial charge in [-0.3, -0.25) is 14.6 Å². The topological polar surface area (TPSA) is 85.8 Å². The van der Waals surface area contributed by atoms with Gasteiger partial charge in [0.05, 0.1) is 12.6 Å². The third kappa shape index (κ3) is 6.72. The van der Waals surface area contributed by atoms with Crippen LogP contribution in [0.1, 0.15) is 23.7 Å². The van der Waals surface area contributed by atoms with Crippen molar-refractivity contribution in [1.29, 1.82) is 0 Å². The lowest BCUT2D eigenvalue weighted by molar-refractivity contribution is -0.117. The van der Waals surface area contributed by atoms with Crippen LogP contribution in [0.5, 0.6) is 0 Å². The first kappa shape index (κ1) is 23.7. The molecule has 1 fully saturated rings. The Bertz CT molecular complexity index is 845. The summed E-state index contributed by atoms with van der Waals surface area (Å²) in [7, 11) is 0. The van der Waals surface area contributed by atoms with Gasteiger partial charge < -0.3 is 20.9 Å². The van der Waals surface area contributed by atoms with Crippen molar-refractivity contribution in [3.63, 3.8) is 0 Å². The second-order valence-corrected chi connectivity index (χ2v) is 6.77. The third-order valence-corrected chi connectivity index (χ3v) is 4.58. The van der Waals surface area contributed by atoms with Gasteiger partial charge >= 0.3 is 0 Å². The first-order valence-electron chi connectivity index (χ1n) is 9.91. The highest BCUT2D eigenvalue weighted by Gasteiger charge is 2.31. The molecule has 1 aliphatic rings. The molecule has 1 atom stereocenters. The normalized spacial score (nSPS) is 16.0. The molecule has 1 heterocycles. The van der Waals surface area contributed by atoms with Gasteiger partial charge in [-0.1, -0.05) is 36.4 Å². The first-order valence-corrected chi connectivity index (χ1v) is 9.91. The number of hydrogen-bond donors (Lipinski definition) is 3. The number of rotatable bonds is 7. The Kier molecular flexibility index (Phi) is 9.59. The van der Waals surface area contributed by atoms with Crippen LogP contribution in [0, 0.1) is 0 Å². The van der Waals surface area contributed by atoms with Crippen molar-refractivity contribution in [2.75, 3.05) is 31.1 Å². The van der Waals surface area contributed by atoms with E-state index in [9.17, 15) is 9.59 Å². The molecule has 160 valence electrons. The molecule has 1 saturated heterocycles. The zero-order chi connectivity index (χ0) is 20.5. The van der Waals surface area contributed by atoms with Crippen LogP contribution in [0.3, 0.4) is 0 Å². The van der Waals surface area contributed by atoms with Crippen LogP contribution < -0.4 is 20.9 Å². The second-order valence-electron chi connectivity index (χ2n) is 6.77. The number of para-hydroxylation sites is 1. The zero-order valence-corrected chi connectivity index (χ0v) is 19.3. The maximum atomic E-state index is 12.4. The number of anilines is 1. The van der Waals surface area contributed by atoms with Crippen LogP contribution in [0.2, 0.25) is 0 Å². The van der Waals surface area contributed by atoms with E-state index >= 15 is 0 Å². The number of carbonyl (C=O) groups excluding carboxylic acids is 2. The Labute approximate surface area is 194 Å². The quantitative estimate of drug-likeness (QED) is 0.226. The van der Waals surface area contributed by atoms with Crippen molar-refractivity contribution in [3.8, 4) is 0 Å². The number of guanidine groups is 1. The number of nitrogens with zero attached hydrogens (tertiary/aromatic N) is 2. The second kappa shape index (κ2) is 12.2. The van der Waals surface area contributed by atoms with E-state index in [1.165, 1.54) is 0 Å². The average molecular weight is 521 g/mol. The Morgan fingerprint density at radius 2 is 1.73 bits per heavy atom. The summed E-state index contributed by atoms with van der Waals surface area (Å²) in [4.78, 5) is 30.7. The van der Waals surface area contributed by atoms with Gasteiger partial charge in [-0.2, -0.15) is 0 Å². The van der Waals surface area contributed by atoms with Crippen LogP contribution in [-0.4, -0.2) is 50.0 Å². The molecule has 0 spiro atoms. The van der Waals surface area contributed by atoms with E-state index < -0.39 is 0 Å². The highest BCUT2D eigenvalue weighted by atomic mass is 127. The van der Waals surface area contributed by atoms with Crippen molar-refractivity contribution < 1.29 is 9.59 Å². The lowest BCUT2D eigenvalue weighted by Crippen LogP contribution is -2.45. The summed E-state index contributed by atoms with van der Waals surface area (Å²) < 4.78 is 0. The van der Waals surface area contributed by atoms with E-state index in [2.05, 4.69) is 20.9 Å². The molecule has 3 N–H and O–H groups in total. The molecule has 7 nitrogen and oxygen atoms in total. The molecular weight excluding hydrogens is 493 g/mol. The Morgan fingerprint density at radius 1 is 1.07 bits per heavy atom. The minimum Gasteiger partial charge on any atom is -0.357 e. The molecule has 2 aromatic rings. The fourth-order valence-corrected chi connectivity index (χ4v) is 3.20. The van der Waals surface area contributed by atoms with Gasteiger partial charge in [-0.25, -0.2) is 0 Å². The van der Waals surface area contributed by atoms with Crippen LogP contribution in [0.25, 0.3) is 0 Å². The van der Waals surface area contributed by atoms with Crippen LogP contribution in [-0.2, 0) is 4.79 Å². The van der Waals surface area contributed by atoms with Gasteiger partial charge in [0.25, 0.3) is 5.91 Å². The minimum absolute atomic E-state index is 0. The molecular formula is C22H28IN5O2. The van der Waals surface area contributed by atoms with Crippen LogP contribution >= 0.6 is 24.0 Å². The number of hydrogen-bond acceptors (Lipinski definition) is 3. The predicted molar refractivity (Wildman–Crippen MR) is 131 cm³/mol.